The molecule has 0 spiro atoms. The number of alkyl halides is 10. The molecule has 6 aromatic carbocycles. The molecule has 0 aliphatic carbocycles. The average Bonchev–Trinajstić information content (AvgIpc) is 1.60. The molecule has 108 heavy (non-hydrogen) atoms. The number of carboxylic acids is 1. The van der Waals surface area contributed by atoms with Crippen LogP contribution in [0.3, 0.4) is 0 Å². The lowest BCUT2D eigenvalue weighted by atomic mass is 10.1. The number of aryl methyl sites for hydroxylation is 3. The number of anilines is 3. The number of fused-ring (bicyclic) bond motifs is 3. The third kappa shape index (κ3) is 20.0. The normalized spacial score (nSPS) is 13.7. The number of carbonyl (C=O) groups excluding carboxylic acids is 5. The summed E-state index contributed by atoms with van der Waals surface area (Å²) in [4.78, 5) is 77.1. The van der Waals surface area contributed by atoms with Crippen LogP contribution in [0.1, 0.15) is 168 Å². The molecule has 0 saturated carbocycles. The van der Waals surface area contributed by atoms with E-state index in [2.05, 4.69) is 57.2 Å². The number of esters is 2. The SMILES string of the molecule is COC(=O)c1ccc([C@H](C)NC(=O)c2c(C)nn3c2N(Cc2ccc(I)c(C(F)(F)F)c2)CC3)cc1.COC(=O)c1ccc([C@H](C)NC(=O)c2c(C)nn3c2NCC3)cc1.Cc1nn2c(c1C(=O)N[C@@H](C)c1ccc(C(=O)O)cc1)N(Cc1ccc(I)c(C(F)(F)F)c1)CC2.FC(F)(F)c1cc(CBr)ccc1I. The molecule has 6 heterocycles. The molecular weight excluding hydrogens is 1830 g/mol. The van der Waals surface area contributed by atoms with E-state index < -0.39 is 53.2 Å². The number of aromatic nitrogens is 6. The Kier molecular flexibility index (Phi) is 27.2. The van der Waals surface area contributed by atoms with E-state index in [4.69, 9.17) is 9.84 Å². The van der Waals surface area contributed by atoms with Gasteiger partial charge in [0.15, 0.2) is 0 Å². The van der Waals surface area contributed by atoms with Crippen molar-refractivity contribution in [2.75, 3.05) is 49.0 Å². The highest BCUT2D eigenvalue weighted by molar-refractivity contribution is 14.1. The maximum absolute atomic E-state index is 13.4. The van der Waals surface area contributed by atoms with E-state index in [0.717, 1.165) is 53.8 Å². The standard InChI is InChI=1S/C25H24F3IN4O3.C24H22F3IN4O3.C17H20N4O3.C8H5BrF3I/c1-14(17-5-7-18(8-6-17)24(35)36-3)30-22(34)21-15(2)31-33-11-10-32(23(21)33)13-16-4-9-20(29)19(12-16)25(26,27)28;1-13(16-4-6-17(7-5-16)23(34)35)29-21(33)20-14(2)30-32-10-9-31(22(20)32)12-15-3-8-19(28)18(11-15)24(25,26)27;1-10(12-4-6-13(7-5-12)17(23)24-3)19-16(22)14-11(2)20-21-9-8-18-15(14)21;9-4-5-1-2-7(13)6(3-5)8(10,11)12/h4-9,12,14H,10-11,13H2,1-3H3,(H,30,34);3-8,11,13H,9-10,12H2,1-2H3,(H,29,33)(H,34,35);4-7,10,18H,8-9H2,1-3H3,(H,19,22);1-3H,4H2/t14-;13-;10-;/m000./s1. The fourth-order valence-electron chi connectivity index (χ4n) is 12.2. The van der Waals surface area contributed by atoms with Crippen molar-refractivity contribution in [1.82, 2.24) is 45.3 Å². The van der Waals surface area contributed by atoms with Crippen molar-refractivity contribution in [2.24, 2.45) is 0 Å². The fourth-order valence-corrected chi connectivity index (χ4v) is 14.4. The summed E-state index contributed by atoms with van der Waals surface area (Å²) in [6, 6.07) is 31.9. The van der Waals surface area contributed by atoms with Crippen LogP contribution in [-0.2, 0) is 66.1 Å². The van der Waals surface area contributed by atoms with Gasteiger partial charge in [0.1, 0.15) is 34.1 Å². The lowest BCUT2D eigenvalue weighted by Gasteiger charge is -2.21. The Balaban J connectivity index is 0.000000175. The van der Waals surface area contributed by atoms with Crippen LogP contribution in [0.5, 0.6) is 0 Å². The molecule has 34 heteroatoms. The van der Waals surface area contributed by atoms with Crippen LogP contribution >= 0.6 is 83.7 Å². The smallest absolute Gasteiger partial charge is 0.417 e. The zero-order chi connectivity index (χ0) is 79.0. The number of carboxylic acid groups (broad SMARTS) is 1. The summed E-state index contributed by atoms with van der Waals surface area (Å²) < 4.78 is 132. The van der Waals surface area contributed by atoms with Crippen LogP contribution in [0.4, 0.5) is 57.0 Å². The Morgan fingerprint density at radius 3 is 1.15 bits per heavy atom. The van der Waals surface area contributed by atoms with Crippen molar-refractivity contribution in [2.45, 2.75) is 116 Å². The van der Waals surface area contributed by atoms with Crippen LogP contribution in [0, 0.1) is 31.5 Å². The number of nitrogens with one attached hydrogen (secondary N) is 4. The van der Waals surface area contributed by atoms with E-state index in [0.29, 0.717) is 105 Å². The predicted octanol–water partition coefficient (Wildman–Crippen LogP) is 16.2. The van der Waals surface area contributed by atoms with E-state index in [1.807, 2.05) is 47.4 Å². The van der Waals surface area contributed by atoms with Crippen LogP contribution in [-0.4, -0.2) is 104 Å². The van der Waals surface area contributed by atoms with Crippen molar-refractivity contribution in [1.29, 1.82) is 0 Å². The molecule has 3 aromatic heterocycles. The Morgan fingerprint density at radius 1 is 0.481 bits per heavy atom. The molecular formula is C74H71BrF9I3N12O9. The number of rotatable bonds is 17. The number of nitrogens with zero attached hydrogens (tertiary/aromatic N) is 8. The minimum absolute atomic E-state index is 0.131. The Labute approximate surface area is 663 Å². The van der Waals surface area contributed by atoms with Crippen LogP contribution in [0.25, 0.3) is 0 Å². The lowest BCUT2D eigenvalue weighted by Crippen LogP contribution is -2.29. The number of methoxy groups -OCH3 is 2. The zero-order valence-electron chi connectivity index (χ0n) is 58.9. The van der Waals surface area contributed by atoms with Gasteiger partial charge in [-0.15, -0.1) is 0 Å². The topological polar surface area (TPSA) is 249 Å². The third-order valence-electron chi connectivity index (χ3n) is 17.7. The first kappa shape index (κ1) is 83.3. The second-order valence-corrected chi connectivity index (χ2v) is 29.2. The summed E-state index contributed by atoms with van der Waals surface area (Å²) in [6.07, 6.45) is -13.1. The van der Waals surface area contributed by atoms with Crippen LogP contribution in [0.2, 0.25) is 0 Å². The molecule has 572 valence electrons. The molecule has 0 bridgehead atoms. The average molecular weight is 1900 g/mol. The first-order valence-electron chi connectivity index (χ1n) is 33.1. The molecule has 21 nitrogen and oxygen atoms in total. The van der Waals surface area contributed by atoms with Crippen molar-refractivity contribution in [3.63, 3.8) is 0 Å². The van der Waals surface area contributed by atoms with E-state index >= 15 is 0 Å². The Morgan fingerprint density at radius 2 is 0.806 bits per heavy atom. The van der Waals surface area contributed by atoms with Gasteiger partial charge >= 0.3 is 36.4 Å². The van der Waals surface area contributed by atoms with Gasteiger partial charge in [0.2, 0.25) is 0 Å². The number of hydrogen-bond acceptors (Lipinski definition) is 14. The highest BCUT2D eigenvalue weighted by atomic mass is 127. The van der Waals surface area contributed by atoms with Gasteiger partial charge in [-0.25, -0.2) is 28.4 Å². The van der Waals surface area contributed by atoms with Gasteiger partial charge in [-0.3, -0.25) is 14.4 Å². The summed E-state index contributed by atoms with van der Waals surface area (Å²) in [7, 11) is 2.66. The largest absolute Gasteiger partial charge is 0.478 e. The van der Waals surface area contributed by atoms with E-state index in [1.165, 1.54) is 44.6 Å². The number of amides is 3. The molecule has 3 atom stereocenters. The molecule has 0 unspecified atom stereocenters. The minimum atomic E-state index is -4.44. The van der Waals surface area contributed by atoms with Crippen molar-refractivity contribution in [3.8, 4) is 0 Å². The van der Waals surface area contributed by atoms with E-state index in [-0.39, 0.29) is 65.1 Å². The van der Waals surface area contributed by atoms with Crippen molar-refractivity contribution < 1.29 is 82.9 Å². The van der Waals surface area contributed by atoms with Gasteiger partial charge in [0.25, 0.3) is 17.7 Å². The lowest BCUT2D eigenvalue weighted by molar-refractivity contribution is -0.139. The summed E-state index contributed by atoms with van der Waals surface area (Å²) in [5.41, 5.74) is 6.32. The first-order valence-corrected chi connectivity index (χ1v) is 37.5. The molecule has 5 N–H and O–H groups in total. The molecule has 3 aliphatic heterocycles. The number of carbonyl (C=O) groups is 6. The summed E-state index contributed by atoms with van der Waals surface area (Å²) in [5, 5.41) is 34.9. The highest BCUT2D eigenvalue weighted by Crippen LogP contribution is 2.39. The first-order chi connectivity index (χ1) is 50.9. The maximum Gasteiger partial charge on any atom is 0.417 e. The monoisotopic (exact) mass is 1900 g/mol. The summed E-state index contributed by atoms with van der Waals surface area (Å²) in [6.45, 7) is 14.9. The van der Waals surface area contributed by atoms with Crippen LogP contribution < -0.4 is 31.1 Å². The molecule has 0 saturated heterocycles. The molecule has 0 radical (unpaired) electrons. The minimum Gasteiger partial charge on any atom is -0.478 e. The third-order valence-corrected chi connectivity index (χ3v) is 21.1. The van der Waals surface area contributed by atoms with Crippen molar-refractivity contribution >= 4 is 137 Å². The number of halogens is 13. The van der Waals surface area contributed by atoms with Crippen molar-refractivity contribution in [3.05, 3.63) is 239 Å². The number of aromatic carboxylic acids is 1. The zero-order valence-corrected chi connectivity index (χ0v) is 67.0. The molecule has 0 fully saturated rings. The molecule has 3 amide bonds. The Bertz CT molecular complexity index is 4820. The Hall–Kier alpha value is -8.79. The molecule has 3 aliphatic rings. The van der Waals surface area contributed by atoms with Gasteiger partial charge in [-0.1, -0.05) is 70.5 Å². The van der Waals surface area contributed by atoms with Gasteiger partial charge in [0, 0.05) is 48.8 Å². The van der Waals surface area contributed by atoms with Gasteiger partial charge in [-0.05, 0) is 215 Å². The maximum atomic E-state index is 13.4. The van der Waals surface area contributed by atoms with E-state index in [1.54, 1.807) is 165 Å². The molecule has 9 aromatic rings. The number of benzene rings is 6. The van der Waals surface area contributed by atoms with Gasteiger partial charge in [0.05, 0.1) is 102 Å². The fraction of sp³-hybridized carbons (Fsp3) is 0.311. The van der Waals surface area contributed by atoms with E-state index in [9.17, 15) is 68.3 Å². The van der Waals surface area contributed by atoms with Crippen LogP contribution in [0.15, 0.2) is 127 Å². The van der Waals surface area contributed by atoms with Gasteiger partial charge in [-0.2, -0.15) is 54.8 Å². The number of hydrogen-bond donors (Lipinski definition) is 5. The van der Waals surface area contributed by atoms with Gasteiger partial charge < -0.3 is 45.6 Å². The second-order valence-electron chi connectivity index (χ2n) is 25.1. The quantitative estimate of drug-likeness (QED) is 0.0246. The highest BCUT2D eigenvalue weighted by Gasteiger charge is 2.38. The predicted molar refractivity (Wildman–Crippen MR) is 413 cm³/mol. The molecule has 12 rings (SSSR count). The summed E-state index contributed by atoms with van der Waals surface area (Å²) >= 11 is 8.16. The number of ether oxygens (including phenoxy) is 2. The summed E-state index contributed by atoms with van der Waals surface area (Å²) in [5.74, 6) is -0.769. The second kappa shape index (κ2) is 35.3.